The van der Waals surface area contributed by atoms with E-state index in [2.05, 4.69) is 27.5 Å². The minimum absolute atomic E-state index is 0. The summed E-state index contributed by atoms with van der Waals surface area (Å²) in [4.78, 5) is 23.2. The van der Waals surface area contributed by atoms with Crippen molar-refractivity contribution in [2.75, 3.05) is 23.8 Å². The molecule has 1 amide bonds. The molecule has 0 spiro atoms. The number of aryl methyl sites for hydroxylation is 1. The number of nitrogens with one attached hydrogen (secondary N) is 2. The minimum Gasteiger partial charge on any atom is -0.367 e. The summed E-state index contributed by atoms with van der Waals surface area (Å²) in [6.07, 6.45) is 3.03. The first-order chi connectivity index (χ1) is 14.3. The largest absolute Gasteiger partial charge is 0.367 e. The standard InChI is InChI=1S/C21H26F3N5O.ClH/c1-4-29(3)19-11-18(25-12(2)26-19)27-14-5-7-15(8-6-14)28-21(30)13-9-16(22)20(24)17(23)10-13;/h9-11,14-15H,4-8H2,1-3H3,(H,28,30)(H,25,26,27);1H/t14-,15+;. The van der Waals surface area contributed by atoms with Crippen LogP contribution < -0.4 is 15.5 Å². The van der Waals surface area contributed by atoms with Gasteiger partial charge in [-0.15, -0.1) is 12.4 Å². The molecule has 0 saturated heterocycles. The highest BCUT2D eigenvalue weighted by Crippen LogP contribution is 2.24. The highest BCUT2D eigenvalue weighted by Gasteiger charge is 2.24. The Morgan fingerprint density at radius 1 is 1.06 bits per heavy atom. The number of carbonyl (C=O) groups excluding carboxylic acids is 1. The molecule has 1 aliphatic carbocycles. The molecule has 1 aromatic heterocycles. The Bertz CT molecular complexity index is 899. The van der Waals surface area contributed by atoms with Crippen molar-refractivity contribution in [1.82, 2.24) is 15.3 Å². The first-order valence-electron chi connectivity index (χ1n) is 10.1. The Morgan fingerprint density at radius 3 is 2.23 bits per heavy atom. The third-order valence-corrected chi connectivity index (χ3v) is 5.35. The minimum atomic E-state index is -1.58. The maximum Gasteiger partial charge on any atom is 0.251 e. The van der Waals surface area contributed by atoms with Crippen LogP contribution in [0.1, 0.15) is 48.8 Å². The first-order valence-corrected chi connectivity index (χ1v) is 10.1. The van der Waals surface area contributed by atoms with E-state index in [-0.39, 0.29) is 30.1 Å². The molecular weight excluding hydrogens is 431 g/mol. The van der Waals surface area contributed by atoms with Crippen LogP contribution in [0, 0.1) is 24.4 Å². The number of amides is 1. The van der Waals surface area contributed by atoms with E-state index in [9.17, 15) is 18.0 Å². The van der Waals surface area contributed by atoms with Crippen molar-refractivity contribution in [1.29, 1.82) is 0 Å². The fourth-order valence-corrected chi connectivity index (χ4v) is 3.53. The lowest BCUT2D eigenvalue weighted by Gasteiger charge is -2.30. The molecule has 0 bridgehead atoms. The van der Waals surface area contributed by atoms with Crippen LogP contribution in [-0.2, 0) is 0 Å². The fourth-order valence-electron chi connectivity index (χ4n) is 3.53. The van der Waals surface area contributed by atoms with Crippen molar-refractivity contribution in [2.24, 2.45) is 0 Å². The van der Waals surface area contributed by atoms with Crippen molar-refractivity contribution >= 4 is 29.9 Å². The molecule has 0 radical (unpaired) electrons. The van der Waals surface area contributed by atoms with Gasteiger partial charge in [-0.25, -0.2) is 23.1 Å². The van der Waals surface area contributed by atoms with Crippen LogP contribution >= 0.6 is 12.4 Å². The van der Waals surface area contributed by atoms with Gasteiger partial charge >= 0.3 is 0 Å². The SMILES string of the molecule is CCN(C)c1cc(N[C@H]2CC[C@@H](NC(=O)c3cc(F)c(F)c(F)c3)CC2)nc(C)n1.Cl. The first kappa shape index (κ1) is 24.7. The van der Waals surface area contributed by atoms with Gasteiger partial charge < -0.3 is 15.5 Å². The number of hydrogen-bond donors (Lipinski definition) is 2. The molecule has 31 heavy (non-hydrogen) atoms. The van der Waals surface area contributed by atoms with E-state index in [1.54, 1.807) is 0 Å². The number of halogens is 4. The van der Waals surface area contributed by atoms with E-state index < -0.39 is 23.4 Å². The van der Waals surface area contributed by atoms with Crippen molar-refractivity contribution in [2.45, 2.75) is 51.6 Å². The Balaban J connectivity index is 0.00000341. The number of nitrogens with zero attached hydrogens (tertiary/aromatic N) is 3. The maximum absolute atomic E-state index is 13.3. The molecule has 1 saturated carbocycles. The van der Waals surface area contributed by atoms with Gasteiger partial charge in [-0.3, -0.25) is 4.79 Å². The third-order valence-electron chi connectivity index (χ3n) is 5.35. The molecule has 2 N–H and O–H groups in total. The van der Waals surface area contributed by atoms with Gasteiger partial charge in [0.25, 0.3) is 5.91 Å². The van der Waals surface area contributed by atoms with Gasteiger partial charge in [-0.1, -0.05) is 0 Å². The smallest absolute Gasteiger partial charge is 0.251 e. The zero-order valence-electron chi connectivity index (χ0n) is 17.7. The van der Waals surface area contributed by atoms with Gasteiger partial charge in [0, 0.05) is 37.3 Å². The van der Waals surface area contributed by atoms with Gasteiger partial charge in [0.05, 0.1) is 0 Å². The number of anilines is 2. The number of carbonyl (C=O) groups is 1. The summed E-state index contributed by atoms with van der Waals surface area (Å²) in [6.45, 7) is 4.74. The summed E-state index contributed by atoms with van der Waals surface area (Å²) in [5, 5.41) is 6.22. The maximum atomic E-state index is 13.3. The van der Waals surface area contributed by atoms with Crippen molar-refractivity contribution < 1.29 is 18.0 Å². The molecule has 1 heterocycles. The average molecular weight is 458 g/mol. The molecule has 0 aliphatic heterocycles. The third kappa shape index (κ3) is 6.22. The van der Waals surface area contributed by atoms with Crippen LogP contribution in [0.5, 0.6) is 0 Å². The van der Waals surface area contributed by atoms with Gasteiger partial charge in [-0.05, 0) is 51.7 Å². The summed E-state index contributed by atoms with van der Waals surface area (Å²) >= 11 is 0. The summed E-state index contributed by atoms with van der Waals surface area (Å²) in [6, 6.07) is 3.43. The molecule has 1 aromatic carbocycles. The number of benzene rings is 1. The zero-order valence-corrected chi connectivity index (χ0v) is 18.5. The second-order valence-electron chi connectivity index (χ2n) is 7.59. The zero-order chi connectivity index (χ0) is 21.8. The van der Waals surface area contributed by atoms with Gasteiger partial charge in [-0.2, -0.15) is 0 Å². The van der Waals surface area contributed by atoms with E-state index in [1.807, 2.05) is 24.9 Å². The summed E-state index contributed by atoms with van der Waals surface area (Å²) in [7, 11) is 1.97. The highest BCUT2D eigenvalue weighted by molar-refractivity contribution is 5.94. The van der Waals surface area contributed by atoms with Crippen LogP contribution in [0.25, 0.3) is 0 Å². The second-order valence-corrected chi connectivity index (χ2v) is 7.59. The highest BCUT2D eigenvalue weighted by atomic mass is 35.5. The monoisotopic (exact) mass is 457 g/mol. The lowest BCUT2D eigenvalue weighted by atomic mass is 9.91. The fraction of sp³-hybridized carbons (Fsp3) is 0.476. The Morgan fingerprint density at radius 2 is 1.65 bits per heavy atom. The molecule has 6 nitrogen and oxygen atoms in total. The van der Waals surface area contributed by atoms with Gasteiger partial charge in [0.15, 0.2) is 17.5 Å². The summed E-state index contributed by atoms with van der Waals surface area (Å²) in [5.74, 6) is -2.62. The van der Waals surface area contributed by atoms with Gasteiger partial charge in [0.1, 0.15) is 17.5 Å². The number of aromatic nitrogens is 2. The van der Waals surface area contributed by atoms with E-state index in [0.29, 0.717) is 30.8 Å². The Kier molecular flexibility index (Phi) is 8.50. The molecule has 10 heteroatoms. The number of rotatable bonds is 6. The molecule has 1 aliphatic rings. The summed E-state index contributed by atoms with van der Waals surface area (Å²) in [5.41, 5.74) is -0.226. The van der Waals surface area contributed by atoms with E-state index >= 15 is 0 Å². The molecular formula is C21H27ClF3N5O. The predicted molar refractivity (Wildman–Crippen MR) is 116 cm³/mol. The second kappa shape index (κ2) is 10.7. The Hall–Kier alpha value is -2.55. The van der Waals surface area contributed by atoms with Crippen molar-refractivity contribution in [3.8, 4) is 0 Å². The average Bonchev–Trinajstić information content (AvgIpc) is 2.72. The number of hydrogen-bond acceptors (Lipinski definition) is 5. The van der Waals surface area contributed by atoms with Crippen LogP contribution in [0.3, 0.4) is 0 Å². The predicted octanol–water partition coefficient (Wildman–Crippen LogP) is 4.23. The normalized spacial score (nSPS) is 18.1. The van der Waals surface area contributed by atoms with Crippen LogP contribution in [0.2, 0.25) is 0 Å². The van der Waals surface area contributed by atoms with Crippen LogP contribution in [0.15, 0.2) is 18.2 Å². The van der Waals surface area contributed by atoms with Gasteiger partial charge in [0.2, 0.25) is 0 Å². The molecule has 0 unspecified atom stereocenters. The lowest BCUT2D eigenvalue weighted by Crippen LogP contribution is -2.40. The molecule has 3 rings (SSSR count). The van der Waals surface area contributed by atoms with Crippen molar-refractivity contribution in [3.63, 3.8) is 0 Å². The topological polar surface area (TPSA) is 70.2 Å². The Labute approximate surface area is 186 Å². The van der Waals surface area contributed by atoms with E-state index in [1.165, 1.54) is 0 Å². The molecule has 0 atom stereocenters. The van der Waals surface area contributed by atoms with Crippen LogP contribution in [-0.4, -0.2) is 41.6 Å². The van der Waals surface area contributed by atoms with E-state index in [0.717, 1.165) is 31.0 Å². The van der Waals surface area contributed by atoms with E-state index in [4.69, 9.17) is 0 Å². The molecule has 2 aromatic rings. The molecule has 1 fully saturated rings. The molecule has 170 valence electrons. The van der Waals surface area contributed by atoms with Crippen molar-refractivity contribution in [3.05, 3.63) is 47.0 Å². The lowest BCUT2D eigenvalue weighted by molar-refractivity contribution is 0.0925. The van der Waals surface area contributed by atoms with Crippen LogP contribution in [0.4, 0.5) is 24.8 Å². The summed E-state index contributed by atoms with van der Waals surface area (Å²) < 4.78 is 39.8. The quantitative estimate of drug-likeness (QED) is 0.635.